The third-order valence-corrected chi connectivity index (χ3v) is 6.42. The number of thioether (sulfide) groups is 1. The summed E-state index contributed by atoms with van der Waals surface area (Å²) in [6, 6.07) is 2.76. The summed E-state index contributed by atoms with van der Waals surface area (Å²) in [4.78, 5) is 28.2. The summed E-state index contributed by atoms with van der Waals surface area (Å²) >= 11 is 3.54. The lowest BCUT2D eigenvalue weighted by atomic mass is 9.95. The molecule has 0 atom stereocenters. The first kappa shape index (κ1) is 17.2. The molecule has 0 spiro atoms. The predicted octanol–water partition coefficient (Wildman–Crippen LogP) is 3.55. The van der Waals surface area contributed by atoms with Crippen molar-refractivity contribution in [2.24, 2.45) is 0 Å². The molecule has 2 aromatic heterocycles. The molecule has 1 amide bonds. The van der Waals surface area contributed by atoms with Gasteiger partial charge in [-0.3, -0.25) is 9.59 Å². The largest absolute Gasteiger partial charge is 0.456 e. The number of rotatable bonds is 4. The van der Waals surface area contributed by atoms with Crippen molar-refractivity contribution in [3.63, 3.8) is 0 Å². The third kappa shape index (κ3) is 4.48. The molecule has 7 heteroatoms. The lowest BCUT2D eigenvalue weighted by Crippen LogP contribution is -2.38. The molecule has 5 nitrogen and oxygen atoms in total. The Morgan fingerprint density at radius 3 is 2.67 bits per heavy atom. The first-order valence-electron chi connectivity index (χ1n) is 8.01. The minimum atomic E-state index is -0.303. The molecular formula is C17H20N2O3S2. The first-order chi connectivity index (χ1) is 11.5. The van der Waals surface area contributed by atoms with Crippen LogP contribution in [0.15, 0.2) is 31.1 Å². The van der Waals surface area contributed by atoms with Gasteiger partial charge in [-0.2, -0.15) is 0 Å². The van der Waals surface area contributed by atoms with Gasteiger partial charge in [0.15, 0.2) is 11.2 Å². The molecule has 1 fully saturated rings. The number of hydrogen-bond acceptors (Lipinski definition) is 6. The molecule has 2 aromatic rings. The van der Waals surface area contributed by atoms with Crippen molar-refractivity contribution in [1.82, 2.24) is 10.3 Å². The van der Waals surface area contributed by atoms with Crippen LogP contribution in [0.1, 0.15) is 47.7 Å². The number of aromatic nitrogens is 1. The summed E-state index contributed by atoms with van der Waals surface area (Å²) in [5, 5.41) is 5.61. The molecule has 1 aliphatic rings. The van der Waals surface area contributed by atoms with Crippen LogP contribution in [0.3, 0.4) is 0 Å². The van der Waals surface area contributed by atoms with E-state index in [4.69, 9.17) is 4.42 Å². The Kier molecular flexibility index (Phi) is 5.40. The van der Waals surface area contributed by atoms with Gasteiger partial charge in [-0.25, -0.2) is 4.98 Å². The van der Waals surface area contributed by atoms with E-state index in [9.17, 15) is 9.59 Å². The molecule has 0 saturated heterocycles. The topological polar surface area (TPSA) is 72.2 Å². The number of carbonyl (C=O) groups is 1. The summed E-state index contributed by atoms with van der Waals surface area (Å²) in [5.41, 5.74) is 0.867. The van der Waals surface area contributed by atoms with Gasteiger partial charge >= 0.3 is 0 Å². The van der Waals surface area contributed by atoms with Crippen LogP contribution < -0.4 is 10.7 Å². The van der Waals surface area contributed by atoms with Gasteiger partial charge in [-0.15, -0.1) is 11.3 Å². The van der Waals surface area contributed by atoms with Crippen LogP contribution in [0.4, 0.5) is 0 Å². The van der Waals surface area contributed by atoms with Gasteiger partial charge in [-0.1, -0.05) is 11.8 Å². The van der Waals surface area contributed by atoms with Crippen molar-refractivity contribution in [2.75, 3.05) is 0 Å². The van der Waals surface area contributed by atoms with Crippen LogP contribution >= 0.6 is 23.1 Å². The summed E-state index contributed by atoms with van der Waals surface area (Å²) in [5.74, 6) is 0.240. The second kappa shape index (κ2) is 7.53. The van der Waals surface area contributed by atoms with E-state index in [1.165, 1.54) is 12.1 Å². The second-order valence-corrected chi connectivity index (χ2v) is 8.49. The van der Waals surface area contributed by atoms with Crippen LogP contribution in [-0.4, -0.2) is 22.2 Å². The normalized spacial score (nSPS) is 20.8. The monoisotopic (exact) mass is 364 g/mol. The average molecular weight is 364 g/mol. The van der Waals surface area contributed by atoms with E-state index in [1.807, 2.05) is 18.7 Å². The molecule has 3 rings (SSSR count). The van der Waals surface area contributed by atoms with Gasteiger partial charge < -0.3 is 9.73 Å². The summed E-state index contributed by atoms with van der Waals surface area (Å²) in [7, 11) is 0. The number of nitrogens with zero attached hydrogens (tertiary/aromatic N) is 1. The van der Waals surface area contributed by atoms with E-state index in [0.717, 1.165) is 35.7 Å². The quantitative estimate of drug-likeness (QED) is 0.898. The lowest BCUT2D eigenvalue weighted by molar-refractivity contribution is 0.0896. The van der Waals surface area contributed by atoms with Crippen molar-refractivity contribution in [3.8, 4) is 0 Å². The number of thiazole rings is 1. The number of carbonyl (C=O) groups excluding carboxylic acids is 1. The number of amides is 1. The van der Waals surface area contributed by atoms with Crippen LogP contribution in [-0.2, 0) is 0 Å². The van der Waals surface area contributed by atoms with Crippen LogP contribution in [0.25, 0.3) is 0 Å². The van der Waals surface area contributed by atoms with Gasteiger partial charge in [0.25, 0.3) is 5.91 Å². The molecule has 0 bridgehead atoms. The highest BCUT2D eigenvalue weighted by atomic mass is 32.2. The number of nitrogens with one attached hydrogen (secondary N) is 1. The van der Waals surface area contributed by atoms with Gasteiger partial charge in [-0.05, 0) is 39.5 Å². The van der Waals surface area contributed by atoms with E-state index in [-0.39, 0.29) is 23.1 Å². The maximum atomic E-state index is 12.2. The Hall–Kier alpha value is -1.60. The fraction of sp³-hybridized carbons (Fsp3) is 0.471. The maximum Gasteiger partial charge on any atom is 0.287 e. The Labute approximate surface area is 148 Å². The molecule has 0 aromatic carbocycles. The second-order valence-electron chi connectivity index (χ2n) is 6.09. The zero-order valence-electron chi connectivity index (χ0n) is 13.7. The van der Waals surface area contributed by atoms with E-state index in [2.05, 4.69) is 15.7 Å². The molecule has 24 heavy (non-hydrogen) atoms. The van der Waals surface area contributed by atoms with Gasteiger partial charge in [0.05, 0.1) is 0 Å². The molecular weight excluding hydrogens is 344 g/mol. The highest BCUT2D eigenvalue weighted by molar-refractivity contribution is 8.01. The summed E-state index contributed by atoms with van der Waals surface area (Å²) < 4.78 is 6.47. The Balaban J connectivity index is 1.51. The van der Waals surface area contributed by atoms with Crippen LogP contribution in [0, 0.1) is 13.8 Å². The Morgan fingerprint density at radius 1 is 1.29 bits per heavy atom. The summed E-state index contributed by atoms with van der Waals surface area (Å²) in [6.45, 7) is 3.68. The molecule has 0 radical (unpaired) electrons. The Morgan fingerprint density at radius 2 is 2.04 bits per heavy atom. The van der Waals surface area contributed by atoms with Gasteiger partial charge in [0, 0.05) is 34.5 Å². The fourth-order valence-corrected chi connectivity index (χ4v) is 5.11. The van der Waals surface area contributed by atoms with Gasteiger partial charge in [0.2, 0.25) is 0 Å². The molecule has 0 unspecified atom stereocenters. The Bertz CT molecular complexity index is 776. The summed E-state index contributed by atoms with van der Waals surface area (Å²) in [6.07, 6.45) is 3.96. The molecule has 1 aliphatic carbocycles. The highest BCUT2D eigenvalue weighted by Crippen LogP contribution is 2.35. The molecule has 2 heterocycles. The smallest absolute Gasteiger partial charge is 0.287 e. The van der Waals surface area contributed by atoms with E-state index in [1.54, 1.807) is 18.3 Å². The maximum absolute atomic E-state index is 12.2. The van der Waals surface area contributed by atoms with Crippen molar-refractivity contribution in [1.29, 1.82) is 0 Å². The number of hydrogen-bond donors (Lipinski definition) is 1. The van der Waals surface area contributed by atoms with E-state index < -0.39 is 0 Å². The minimum absolute atomic E-state index is 0.0924. The number of aryl methyl sites for hydroxylation is 2. The predicted molar refractivity (Wildman–Crippen MR) is 95.9 cm³/mol. The first-order valence-corrected chi connectivity index (χ1v) is 9.77. The van der Waals surface area contributed by atoms with Crippen molar-refractivity contribution < 1.29 is 9.21 Å². The molecule has 1 saturated carbocycles. The zero-order chi connectivity index (χ0) is 17.1. The molecule has 128 valence electrons. The van der Waals surface area contributed by atoms with Crippen LogP contribution in [0.2, 0.25) is 0 Å². The standard InChI is InChI=1S/C17H20N2O3S2/c1-10-9-23-17(18-10)24-14-5-3-12(4-6-14)19-16(21)15-8-13(20)7-11(2)22-15/h7-9,12,14H,3-6H2,1-2H3,(H,19,21). The average Bonchev–Trinajstić information content (AvgIpc) is 2.93. The van der Waals surface area contributed by atoms with Crippen molar-refractivity contribution in [3.05, 3.63) is 45.0 Å². The third-order valence-electron chi connectivity index (χ3n) is 3.99. The van der Waals surface area contributed by atoms with Crippen molar-refractivity contribution in [2.45, 2.75) is 55.2 Å². The van der Waals surface area contributed by atoms with Gasteiger partial charge in [0.1, 0.15) is 10.1 Å². The molecule has 1 N–H and O–H groups in total. The highest BCUT2D eigenvalue weighted by Gasteiger charge is 2.25. The van der Waals surface area contributed by atoms with Crippen LogP contribution in [0.5, 0.6) is 0 Å². The lowest BCUT2D eigenvalue weighted by Gasteiger charge is -2.28. The van der Waals surface area contributed by atoms with E-state index in [0.29, 0.717) is 11.0 Å². The fourth-order valence-electron chi connectivity index (χ4n) is 2.83. The zero-order valence-corrected chi connectivity index (χ0v) is 15.3. The van der Waals surface area contributed by atoms with E-state index >= 15 is 0 Å². The SMILES string of the molecule is Cc1csc(SC2CCC(NC(=O)c3cc(=O)cc(C)o3)CC2)n1. The minimum Gasteiger partial charge on any atom is -0.456 e. The molecule has 0 aliphatic heterocycles. The van der Waals surface area contributed by atoms with Crippen molar-refractivity contribution >= 4 is 29.0 Å².